The fourth-order valence-corrected chi connectivity index (χ4v) is 3.88. The van der Waals surface area contributed by atoms with Gasteiger partial charge in [0.2, 0.25) is 5.91 Å². The Morgan fingerprint density at radius 1 is 1.03 bits per heavy atom. The smallest absolute Gasteiger partial charge is 0.414 e. The van der Waals surface area contributed by atoms with Crippen LogP contribution < -0.4 is 14.5 Å². The number of amides is 2. The molecule has 2 aliphatic rings. The zero-order chi connectivity index (χ0) is 21.1. The molecule has 0 bridgehead atoms. The van der Waals surface area contributed by atoms with Gasteiger partial charge in [-0.05, 0) is 35.4 Å². The van der Waals surface area contributed by atoms with E-state index in [0.717, 1.165) is 28.3 Å². The minimum absolute atomic E-state index is 0.234. The molecule has 2 aliphatic heterocycles. The fraction of sp³-hybridized carbons (Fsp3) is 0.364. The highest BCUT2D eigenvalue weighted by atomic mass is 16.6. The second-order valence-corrected chi connectivity index (χ2v) is 7.23. The standard InChI is InChI=1S/C22H25N3O5/c1-29-20-14-17(16-2-5-18(6-3-16)25-12-13-30-22(25)28)4-7-19(20)23-8-10-24(11-9-23)21(27)15-26/h2-7,14,26H,8-13,15H2,1H3. The molecular weight excluding hydrogens is 386 g/mol. The third kappa shape index (κ3) is 3.91. The zero-order valence-corrected chi connectivity index (χ0v) is 16.9. The van der Waals surface area contributed by atoms with E-state index in [1.165, 1.54) is 0 Å². The van der Waals surface area contributed by atoms with Gasteiger partial charge in [0.05, 0.1) is 19.3 Å². The molecule has 0 aliphatic carbocycles. The maximum absolute atomic E-state index is 11.7. The maximum atomic E-state index is 11.7. The number of carbonyl (C=O) groups excluding carboxylic acids is 2. The summed E-state index contributed by atoms with van der Waals surface area (Å²) in [5.74, 6) is 0.532. The van der Waals surface area contributed by atoms with Gasteiger partial charge in [-0.2, -0.15) is 0 Å². The molecule has 2 aromatic rings. The molecule has 2 amide bonds. The molecular formula is C22H25N3O5. The van der Waals surface area contributed by atoms with Crippen LogP contribution in [-0.4, -0.2) is 75.1 Å². The lowest BCUT2D eigenvalue weighted by molar-refractivity contribution is -0.134. The average molecular weight is 411 g/mol. The van der Waals surface area contributed by atoms with Crippen molar-refractivity contribution in [3.8, 4) is 16.9 Å². The van der Waals surface area contributed by atoms with Crippen LogP contribution in [-0.2, 0) is 9.53 Å². The van der Waals surface area contributed by atoms with Crippen molar-refractivity contribution in [1.29, 1.82) is 0 Å². The topological polar surface area (TPSA) is 82.6 Å². The van der Waals surface area contributed by atoms with E-state index in [0.29, 0.717) is 39.3 Å². The molecule has 2 aromatic carbocycles. The van der Waals surface area contributed by atoms with Crippen molar-refractivity contribution in [2.24, 2.45) is 0 Å². The molecule has 8 heteroatoms. The Morgan fingerprint density at radius 3 is 2.33 bits per heavy atom. The number of hydrogen-bond donors (Lipinski definition) is 1. The van der Waals surface area contributed by atoms with Crippen LogP contribution in [0.4, 0.5) is 16.2 Å². The number of benzene rings is 2. The number of methoxy groups -OCH3 is 1. The van der Waals surface area contributed by atoms with Crippen molar-refractivity contribution in [1.82, 2.24) is 4.90 Å². The number of aliphatic hydroxyl groups is 1. The van der Waals surface area contributed by atoms with Crippen LogP contribution in [0.5, 0.6) is 5.75 Å². The highest BCUT2D eigenvalue weighted by Gasteiger charge is 2.24. The molecule has 4 rings (SSSR count). The van der Waals surface area contributed by atoms with E-state index >= 15 is 0 Å². The van der Waals surface area contributed by atoms with Crippen LogP contribution in [0, 0.1) is 0 Å². The number of carbonyl (C=O) groups is 2. The number of piperazine rings is 1. The Balaban J connectivity index is 1.50. The Kier molecular flexibility index (Phi) is 5.76. The molecule has 0 unspecified atom stereocenters. The lowest BCUT2D eigenvalue weighted by Crippen LogP contribution is -2.49. The van der Waals surface area contributed by atoms with E-state index in [2.05, 4.69) is 4.90 Å². The second-order valence-electron chi connectivity index (χ2n) is 7.23. The number of cyclic esters (lactones) is 1. The van der Waals surface area contributed by atoms with Crippen molar-refractivity contribution < 1.29 is 24.2 Å². The number of aliphatic hydroxyl groups excluding tert-OH is 1. The van der Waals surface area contributed by atoms with Crippen molar-refractivity contribution >= 4 is 23.4 Å². The number of hydrogen-bond acceptors (Lipinski definition) is 6. The summed E-state index contributed by atoms with van der Waals surface area (Å²) in [6.45, 7) is 3.05. The number of nitrogens with zero attached hydrogens (tertiary/aromatic N) is 3. The molecule has 30 heavy (non-hydrogen) atoms. The quantitative estimate of drug-likeness (QED) is 0.810. The summed E-state index contributed by atoms with van der Waals surface area (Å²) in [7, 11) is 1.65. The second kappa shape index (κ2) is 8.62. The van der Waals surface area contributed by atoms with Gasteiger partial charge in [0.25, 0.3) is 0 Å². The van der Waals surface area contributed by atoms with E-state index in [9.17, 15) is 9.59 Å². The molecule has 8 nitrogen and oxygen atoms in total. The summed E-state index contributed by atoms with van der Waals surface area (Å²) in [6.07, 6.45) is -0.311. The van der Waals surface area contributed by atoms with Gasteiger partial charge in [-0.1, -0.05) is 18.2 Å². The highest BCUT2D eigenvalue weighted by molar-refractivity contribution is 5.89. The van der Waals surface area contributed by atoms with Gasteiger partial charge in [-0.3, -0.25) is 9.69 Å². The van der Waals surface area contributed by atoms with E-state index in [-0.39, 0.29) is 12.0 Å². The van der Waals surface area contributed by atoms with Crippen LogP contribution in [0.3, 0.4) is 0 Å². The fourth-order valence-electron chi connectivity index (χ4n) is 3.88. The number of ether oxygens (including phenoxy) is 2. The first-order valence-electron chi connectivity index (χ1n) is 9.97. The van der Waals surface area contributed by atoms with Crippen LogP contribution >= 0.6 is 0 Å². The summed E-state index contributed by atoms with van der Waals surface area (Å²) >= 11 is 0. The first-order valence-corrected chi connectivity index (χ1v) is 9.97. The minimum atomic E-state index is -0.449. The highest BCUT2D eigenvalue weighted by Crippen LogP contribution is 2.34. The van der Waals surface area contributed by atoms with Gasteiger partial charge in [-0.15, -0.1) is 0 Å². The Bertz CT molecular complexity index is 923. The molecule has 2 saturated heterocycles. The summed E-state index contributed by atoms with van der Waals surface area (Å²) < 4.78 is 10.6. The molecule has 0 aromatic heterocycles. The third-order valence-corrected chi connectivity index (χ3v) is 5.56. The number of rotatable bonds is 5. The molecule has 0 atom stereocenters. The van der Waals surface area contributed by atoms with Crippen molar-refractivity contribution in [3.63, 3.8) is 0 Å². The third-order valence-electron chi connectivity index (χ3n) is 5.56. The summed E-state index contributed by atoms with van der Waals surface area (Å²) in [4.78, 5) is 28.9. The summed E-state index contributed by atoms with van der Waals surface area (Å²) in [6, 6.07) is 13.9. The Morgan fingerprint density at radius 2 is 1.73 bits per heavy atom. The summed E-state index contributed by atoms with van der Waals surface area (Å²) in [5, 5.41) is 9.03. The molecule has 0 radical (unpaired) electrons. The Labute approximate surface area is 175 Å². The van der Waals surface area contributed by atoms with Crippen LogP contribution in [0.25, 0.3) is 11.1 Å². The molecule has 0 saturated carbocycles. The molecule has 2 heterocycles. The SMILES string of the molecule is COc1cc(-c2ccc(N3CCOC3=O)cc2)ccc1N1CCN(C(=O)CO)CC1. The molecule has 158 valence electrons. The van der Waals surface area contributed by atoms with Crippen molar-refractivity contribution in [2.75, 3.05) is 62.8 Å². The maximum Gasteiger partial charge on any atom is 0.414 e. The first kappa shape index (κ1) is 20.0. The molecule has 2 fully saturated rings. The van der Waals surface area contributed by atoms with Gasteiger partial charge >= 0.3 is 6.09 Å². The van der Waals surface area contributed by atoms with Crippen LogP contribution in [0.2, 0.25) is 0 Å². The van der Waals surface area contributed by atoms with E-state index < -0.39 is 6.61 Å². The van der Waals surface area contributed by atoms with Gasteiger partial charge in [-0.25, -0.2) is 4.79 Å². The summed E-state index contributed by atoms with van der Waals surface area (Å²) in [5.41, 5.74) is 3.84. The van der Waals surface area contributed by atoms with Gasteiger partial charge in [0.1, 0.15) is 19.0 Å². The van der Waals surface area contributed by atoms with Crippen molar-refractivity contribution in [3.05, 3.63) is 42.5 Å². The minimum Gasteiger partial charge on any atom is -0.495 e. The van der Waals surface area contributed by atoms with Crippen molar-refractivity contribution in [2.45, 2.75) is 0 Å². The van der Waals surface area contributed by atoms with Crippen LogP contribution in [0.15, 0.2) is 42.5 Å². The molecule has 0 spiro atoms. The van der Waals surface area contributed by atoms with E-state index in [1.54, 1.807) is 16.9 Å². The van der Waals surface area contributed by atoms with Crippen LogP contribution in [0.1, 0.15) is 0 Å². The van der Waals surface area contributed by atoms with E-state index in [4.69, 9.17) is 14.6 Å². The normalized spacial score (nSPS) is 16.6. The predicted octanol–water partition coefficient (Wildman–Crippen LogP) is 1.96. The van der Waals surface area contributed by atoms with Gasteiger partial charge in [0, 0.05) is 31.9 Å². The zero-order valence-electron chi connectivity index (χ0n) is 16.9. The average Bonchev–Trinajstić information content (AvgIpc) is 3.24. The van der Waals surface area contributed by atoms with E-state index in [1.807, 2.05) is 42.5 Å². The first-order chi connectivity index (χ1) is 14.6. The predicted molar refractivity (Wildman–Crippen MR) is 113 cm³/mol. The monoisotopic (exact) mass is 411 g/mol. The number of anilines is 2. The lowest BCUT2D eigenvalue weighted by Gasteiger charge is -2.36. The lowest BCUT2D eigenvalue weighted by atomic mass is 10.0. The van der Waals surface area contributed by atoms with Gasteiger partial charge in [0.15, 0.2) is 0 Å². The molecule has 1 N–H and O–H groups in total. The van der Waals surface area contributed by atoms with Gasteiger partial charge < -0.3 is 24.4 Å². The largest absolute Gasteiger partial charge is 0.495 e. The Hall–Kier alpha value is -3.26.